The summed E-state index contributed by atoms with van der Waals surface area (Å²) in [5.41, 5.74) is 0.897. The van der Waals surface area contributed by atoms with Gasteiger partial charge in [-0.1, -0.05) is 25.4 Å². The monoisotopic (exact) mass is 251 g/mol. The van der Waals surface area contributed by atoms with Crippen molar-refractivity contribution in [2.75, 3.05) is 7.05 Å². The van der Waals surface area contributed by atoms with Crippen molar-refractivity contribution in [2.24, 2.45) is 5.92 Å². The highest BCUT2D eigenvalue weighted by molar-refractivity contribution is 6.31. The molecule has 0 aliphatic rings. The Morgan fingerprint density at radius 3 is 2.71 bits per heavy atom. The van der Waals surface area contributed by atoms with Gasteiger partial charge in [0.1, 0.15) is 11.3 Å². The Labute approximate surface area is 107 Å². The maximum atomic E-state index is 5.97. The quantitative estimate of drug-likeness (QED) is 0.872. The summed E-state index contributed by atoms with van der Waals surface area (Å²) in [5, 5.41) is 5.11. The summed E-state index contributed by atoms with van der Waals surface area (Å²) in [6.45, 7) is 4.42. The number of hydrogen-bond acceptors (Lipinski definition) is 2. The lowest BCUT2D eigenvalue weighted by molar-refractivity contribution is 0.390. The van der Waals surface area contributed by atoms with Gasteiger partial charge in [-0.25, -0.2) is 0 Å². The largest absolute Gasteiger partial charge is 0.459 e. The molecule has 0 saturated heterocycles. The normalized spacial score (nSPS) is 13.5. The molecule has 2 aromatic rings. The minimum absolute atomic E-state index is 0.265. The lowest BCUT2D eigenvalue weighted by atomic mass is 10.0. The van der Waals surface area contributed by atoms with Gasteiger partial charge in [0.05, 0.1) is 6.04 Å². The Kier molecular flexibility index (Phi) is 3.75. The summed E-state index contributed by atoms with van der Waals surface area (Å²) in [4.78, 5) is 0. The topological polar surface area (TPSA) is 25.2 Å². The molecule has 1 N–H and O–H groups in total. The average molecular weight is 252 g/mol. The zero-order valence-electron chi connectivity index (χ0n) is 10.5. The summed E-state index contributed by atoms with van der Waals surface area (Å²) < 4.78 is 5.86. The first kappa shape index (κ1) is 12.5. The molecule has 92 valence electrons. The molecule has 1 aromatic carbocycles. The van der Waals surface area contributed by atoms with Crippen LogP contribution in [0, 0.1) is 5.92 Å². The number of benzene rings is 1. The molecule has 0 aliphatic carbocycles. The van der Waals surface area contributed by atoms with E-state index in [-0.39, 0.29) is 6.04 Å². The van der Waals surface area contributed by atoms with Crippen LogP contribution in [0.3, 0.4) is 0 Å². The van der Waals surface area contributed by atoms with Gasteiger partial charge in [-0.05, 0) is 43.7 Å². The maximum Gasteiger partial charge on any atom is 0.134 e. The Hall–Kier alpha value is -0.990. The molecule has 0 saturated carbocycles. The van der Waals surface area contributed by atoms with Gasteiger partial charge in [0, 0.05) is 10.4 Å². The van der Waals surface area contributed by atoms with Crippen LogP contribution in [-0.4, -0.2) is 7.05 Å². The Morgan fingerprint density at radius 1 is 1.29 bits per heavy atom. The van der Waals surface area contributed by atoms with E-state index in [2.05, 4.69) is 25.2 Å². The molecule has 0 aliphatic heterocycles. The third-order valence-corrected chi connectivity index (χ3v) is 3.13. The van der Waals surface area contributed by atoms with Crippen LogP contribution in [0.1, 0.15) is 32.1 Å². The van der Waals surface area contributed by atoms with E-state index in [1.165, 1.54) is 0 Å². The third kappa shape index (κ3) is 2.82. The highest BCUT2D eigenvalue weighted by atomic mass is 35.5. The fourth-order valence-corrected chi connectivity index (χ4v) is 2.23. The molecule has 1 aromatic heterocycles. The van der Waals surface area contributed by atoms with Crippen LogP contribution in [0.2, 0.25) is 5.02 Å². The summed E-state index contributed by atoms with van der Waals surface area (Å²) in [6, 6.07) is 8.05. The van der Waals surface area contributed by atoms with Gasteiger partial charge >= 0.3 is 0 Å². The Balaban J connectivity index is 2.34. The number of hydrogen-bond donors (Lipinski definition) is 1. The summed E-state index contributed by atoms with van der Waals surface area (Å²) in [7, 11) is 1.97. The van der Waals surface area contributed by atoms with E-state index in [0.29, 0.717) is 5.92 Å². The summed E-state index contributed by atoms with van der Waals surface area (Å²) in [5.74, 6) is 1.61. The van der Waals surface area contributed by atoms with Gasteiger partial charge in [0.2, 0.25) is 0 Å². The van der Waals surface area contributed by atoms with Crippen molar-refractivity contribution in [1.29, 1.82) is 0 Å². The average Bonchev–Trinajstić information content (AvgIpc) is 2.68. The predicted octanol–water partition coefficient (Wildman–Crippen LogP) is 4.39. The van der Waals surface area contributed by atoms with Crippen LogP contribution in [0.5, 0.6) is 0 Å². The van der Waals surface area contributed by atoms with Crippen LogP contribution in [0.15, 0.2) is 28.7 Å². The second-order valence-corrected chi connectivity index (χ2v) is 5.24. The van der Waals surface area contributed by atoms with E-state index in [1.807, 2.05) is 25.2 Å². The lowest BCUT2D eigenvalue weighted by Crippen LogP contribution is -2.17. The summed E-state index contributed by atoms with van der Waals surface area (Å²) in [6.07, 6.45) is 1.06. The molecular formula is C14H18ClNO. The van der Waals surface area contributed by atoms with Gasteiger partial charge in [0.25, 0.3) is 0 Å². The van der Waals surface area contributed by atoms with Gasteiger partial charge in [-0.3, -0.25) is 0 Å². The minimum Gasteiger partial charge on any atom is -0.459 e. The molecule has 0 fully saturated rings. The Morgan fingerprint density at radius 2 is 2.06 bits per heavy atom. The van der Waals surface area contributed by atoms with Gasteiger partial charge in [-0.2, -0.15) is 0 Å². The zero-order valence-corrected chi connectivity index (χ0v) is 11.2. The van der Waals surface area contributed by atoms with Crippen LogP contribution in [-0.2, 0) is 0 Å². The number of nitrogens with one attached hydrogen (secondary N) is 1. The van der Waals surface area contributed by atoms with Gasteiger partial charge < -0.3 is 9.73 Å². The first-order valence-corrected chi connectivity index (χ1v) is 6.34. The molecule has 0 amide bonds. The van der Waals surface area contributed by atoms with E-state index in [4.69, 9.17) is 16.0 Å². The minimum atomic E-state index is 0.265. The molecule has 3 heteroatoms. The second-order valence-electron chi connectivity index (χ2n) is 4.80. The fourth-order valence-electron chi connectivity index (χ4n) is 2.05. The zero-order chi connectivity index (χ0) is 12.4. The molecule has 1 unspecified atom stereocenters. The SMILES string of the molecule is CNC(CC(C)C)c1cc2cc(Cl)ccc2o1. The molecule has 1 atom stereocenters. The van der Waals surface area contributed by atoms with Crippen molar-refractivity contribution >= 4 is 22.6 Å². The van der Waals surface area contributed by atoms with E-state index < -0.39 is 0 Å². The maximum absolute atomic E-state index is 5.97. The fraction of sp³-hybridized carbons (Fsp3) is 0.429. The van der Waals surface area contributed by atoms with E-state index >= 15 is 0 Å². The lowest BCUT2D eigenvalue weighted by Gasteiger charge is -2.15. The number of fused-ring (bicyclic) bond motifs is 1. The van der Waals surface area contributed by atoms with Crippen molar-refractivity contribution in [1.82, 2.24) is 5.32 Å². The molecule has 1 heterocycles. The molecule has 17 heavy (non-hydrogen) atoms. The van der Waals surface area contributed by atoms with E-state index in [1.54, 1.807) is 0 Å². The van der Waals surface area contributed by atoms with Crippen LogP contribution < -0.4 is 5.32 Å². The van der Waals surface area contributed by atoms with Gasteiger partial charge in [-0.15, -0.1) is 0 Å². The summed E-state index contributed by atoms with van der Waals surface area (Å²) >= 11 is 5.97. The molecule has 2 nitrogen and oxygen atoms in total. The predicted molar refractivity (Wildman–Crippen MR) is 72.5 cm³/mol. The standard InChI is InChI=1S/C14H18ClNO/c1-9(2)6-12(16-3)14-8-10-7-11(15)4-5-13(10)17-14/h4-5,7-9,12,16H,6H2,1-3H3. The molecule has 0 bridgehead atoms. The van der Waals surface area contributed by atoms with Crippen molar-refractivity contribution in [2.45, 2.75) is 26.3 Å². The highest BCUT2D eigenvalue weighted by Crippen LogP contribution is 2.29. The van der Waals surface area contributed by atoms with Crippen molar-refractivity contribution < 1.29 is 4.42 Å². The highest BCUT2D eigenvalue weighted by Gasteiger charge is 2.15. The van der Waals surface area contributed by atoms with Crippen LogP contribution >= 0.6 is 11.6 Å². The first-order valence-electron chi connectivity index (χ1n) is 5.96. The van der Waals surface area contributed by atoms with E-state index in [9.17, 15) is 0 Å². The number of halogens is 1. The van der Waals surface area contributed by atoms with Gasteiger partial charge in [0.15, 0.2) is 0 Å². The third-order valence-electron chi connectivity index (χ3n) is 2.90. The van der Waals surface area contributed by atoms with E-state index in [0.717, 1.165) is 28.2 Å². The molecule has 0 spiro atoms. The second kappa shape index (κ2) is 5.11. The molecule has 0 radical (unpaired) electrons. The number of furan rings is 1. The van der Waals surface area contributed by atoms with Crippen molar-refractivity contribution in [3.63, 3.8) is 0 Å². The van der Waals surface area contributed by atoms with Crippen LogP contribution in [0.4, 0.5) is 0 Å². The van der Waals surface area contributed by atoms with Crippen molar-refractivity contribution in [3.05, 3.63) is 35.0 Å². The number of rotatable bonds is 4. The van der Waals surface area contributed by atoms with Crippen molar-refractivity contribution in [3.8, 4) is 0 Å². The molecule has 2 rings (SSSR count). The molecular weight excluding hydrogens is 234 g/mol. The van der Waals surface area contributed by atoms with Crippen LogP contribution in [0.25, 0.3) is 11.0 Å². The Bertz CT molecular complexity index is 504. The first-order chi connectivity index (χ1) is 8.10. The smallest absolute Gasteiger partial charge is 0.134 e.